The Morgan fingerprint density at radius 3 is 2.64 bits per heavy atom. The van der Waals surface area contributed by atoms with E-state index in [1.807, 2.05) is 23.1 Å². The molecular formula is C18H27N3O4. The van der Waals surface area contributed by atoms with E-state index in [1.54, 1.807) is 26.2 Å². The molecule has 25 heavy (non-hydrogen) atoms. The summed E-state index contributed by atoms with van der Waals surface area (Å²) in [7, 11) is 4.95. The zero-order chi connectivity index (χ0) is 18.4. The summed E-state index contributed by atoms with van der Waals surface area (Å²) in [5, 5.41) is 0. The lowest BCUT2D eigenvalue weighted by atomic mass is 9.97. The van der Waals surface area contributed by atoms with E-state index in [1.165, 1.54) is 0 Å². The topological polar surface area (TPSA) is 85.1 Å². The molecule has 0 aromatic heterocycles. The van der Waals surface area contributed by atoms with Crippen LogP contribution in [0.4, 0.5) is 0 Å². The van der Waals surface area contributed by atoms with Crippen molar-refractivity contribution < 1.29 is 19.1 Å². The number of likely N-dealkylation sites (tertiary alicyclic amines) is 1. The SMILES string of the molecule is COc1ccc(CN(C)C(=O)CN2CCC[C@H](C(N)=O)C2)cc1OC. The van der Waals surface area contributed by atoms with Gasteiger partial charge >= 0.3 is 0 Å². The summed E-state index contributed by atoms with van der Waals surface area (Å²) in [5.74, 6) is 0.876. The number of methoxy groups -OCH3 is 2. The van der Waals surface area contributed by atoms with Gasteiger partial charge in [0.05, 0.1) is 26.7 Å². The van der Waals surface area contributed by atoms with Crippen LogP contribution in [0.2, 0.25) is 0 Å². The highest BCUT2D eigenvalue weighted by Gasteiger charge is 2.25. The van der Waals surface area contributed by atoms with Crippen molar-refractivity contribution in [1.82, 2.24) is 9.80 Å². The molecule has 2 N–H and O–H groups in total. The predicted molar refractivity (Wildman–Crippen MR) is 94.4 cm³/mol. The zero-order valence-corrected chi connectivity index (χ0v) is 15.2. The molecule has 0 bridgehead atoms. The average molecular weight is 349 g/mol. The zero-order valence-electron chi connectivity index (χ0n) is 15.2. The quantitative estimate of drug-likeness (QED) is 0.789. The Hall–Kier alpha value is -2.28. The van der Waals surface area contributed by atoms with Gasteiger partial charge in [-0.1, -0.05) is 6.07 Å². The molecule has 1 saturated heterocycles. The molecule has 0 aliphatic carbocycles. The van der Waals surface area contributed by atoms with E-state index in [-0.39, 0.29) is 17.7 Å². The molecular weight excluding hydrogens is 322 g/mol. The van der Waals surface area contributed by atoms with Gasteiger partial charge in [-0.3, -0.25) is 14.5 Å². The lowest BCUT2D eigenvalue weighted by Crippen LogP contribution is -2.45. The number of nitrogens with two attached hydrogens (primary N) is 1. The van der Waals surface area contributed by atoms with Gasteiger partial charge in [0, 0.05) is 20.1 Å². The van der Waals surface area contributed by atoms with Crippen molar-refractivity contribution in [2.45, 2.75) is 19.4 Å². The van der Waals surface area contributed by atoms with Crippen LogP contribution in [-0.4, -0.2) is 62.5 Å². The molecule has 0 radical (unpaired) electrons. The van der Waals surface area contributed by atoms with Gasteiger partial charge in [0.2, 0.25) is 11.8 Å². The normalized spacial score (nSPS) is 17.8. The Balaban J connectivity index is 1.93. The highest BCUT2D eigenvalue weighted by atomic mass is 16.5. The minimum absolute atomic E-state index is 0.0138. The van der Waals surface area contributed by atoms with Crippen LogP contribution < -0.4 is 15.2 Å². The molecule has 2 amide bonds. The number of likely N-dealkylation sites (N-methyl/N-ethyl adjacent to an activating group) is 1. The van der Waals surface area contributed by atoms with Crippen molar-refractivity contribution in [2.75, 3.05) is 40.9 Å². The Morgan fingerprint density at radius 1 is 1.28 bits per heavy atom. The van der Waals surface area contributed by atoms with Gasteiger partial charge in [0.1, 0.15) is 0 Å². The second-order valence-electron chi connectivity index (χ2n) is 6.42. The Kier molecular flexibility index (Phi) is 6.64. The van der Waals surface area contributed by atoms with Crippen molar-refractivity contribution in [3.63, 3.8) is 0 Å². The molecule has 1 aliphatic rings. The minimum atomic E-state index is -0.282. The van der Waals surface area contributed by atoms with Gasteiger partial charge in [-0.2, -0.15) is 0 Å². The van der Waals surface area contributed by atoms with Gasteiger partial charge < -0.3 is 20.1 Å². The van der Waals surface area contributed by atoms with Crippen LogP contribution in [0, 0.1) is 5.92 Å². The number of carbonyl (C=O) groups is 2. The van der Waals surface area contributed by atoms with E-state index >= 15 is 0 Å². The molecule has 1 aromatic rings. The highest BCUT2D eigenvalue weighted by Crippen LogP contribution is 2.28. The second kappa shape index (κ2) is 8.71. The van der Waals surface area contributed by atoms with E-state index in [0.717, 1.165) is 24.9 Å². The first-order chi connectivity index (χ1) is 11.9. The highest BCUT2D eigenvalue weighted by molar-refractivity contribution is 5.79. The molecule has 7 heteroatoms. The third-order valence-electron chi connectivity index (χ3n) is 4.56. The molecule has 1 fully saturated rings. The molecule has 138 valence electrons. The first-order valence-corrected chi connectivity index (χ1v) is 8.41. The largest absolute Gasteiger partial charge is 0.493 e. The monoisotopic (exact) mass is 349 g/mol. The van der Waals surface area contributed by atoms with Crippen molar-refractivity contribution >= 4 is 11.8 Å². The molecule has 0 spiro atoms. The molecule has 0 saturated carbocycles. The third kappa shape index (κ3) is 5.09. The minimum Gasteiger partial charge on any atom is -0.493 e. The summed E-state index contributed by atoms with van der Waals surface area (Å²) in [5.41, 5.74) is 6.35. The van der Waals surface area contributed by atoms with Gasteiger partial charge in [0.15, 0.2) is 11.5 Å². The summed E-state index contributed by atoms with van der Waals surface area (Å²) in [6.45, 7) is 2.16. The number of rotatable bonds is 7. The van der Waals surface area contributed by atoms with Crippen LogP contribution in [0.15, 0.2) is 18.2 Å². The van der Waals surface area contributed by atoms with Crippen molar-refractivity contribution in [3.05, 3.63) is 23.8 Å². The number of carbonyl (C=O) groups excluding carboxylic acids is 2. The van der Waals surface area contributed by atoms with Crippen molar-refractivity contribution in [1.29, 1.82) is 0 Å². The average Bonchev–Trinajstić information content (AvgIpc) is 2.61. The van der Waals surface area contributed by atoms with Gasteiger partial charge in [-0.25, -0.2) is 0 Å². The number of piperidine rings is 1. The Morgan fingerprint density at radius 2 is 2.00 bits per heavy atom. The summed E-state index contributed by atoms with van der Waals surface area (Å²) < 4.78 is 10.5. The first kappa shape index (κ1) is 19.1. The van der Waals surface area contributed by atoms with Crippen LogP contribution in [-0.2, 0) is 16.1 Å². The van der Waals surface area contributed by atoms with Crippen LogP contribution >= 0.6 is 0 Å². The van der Waals surface area contributed by atoms with E-state index in [2.05, 4.69) is 0 Å². The predicted octanol–water partition coefficient (Wildman–Crippen LogP) is 0.860. The molecule has 7 nitrogen and oxygen atoms in total. The number of primary amides is 1. The molecule has 0 unspecified atom stereocenters. The molecule has 1 aromatic carbocycles. The van der Waals surface area contributed by atoms with Crippen LogP contribution in [0.1, 0.15) is 18.4 Å². The van der Waals surface area contributed by atoms with E-state index in [0.29, 0.717) is 31.1 Å². The first-order valence-electron chi connectivity index (χ1n) is 8.41. The van der Waals surface area contributed by atoms with E-state index in [4.69, 9.17) is 15.2 Å². The maximum Gasteiger partial charge on any atom is 0.236 e. The van der Waals surface area contributed by atoms with Crippen LogP contribution in [0.25, 0.3) is 0 Å². The van der Waals surface area contributed by atoms with E-state index < -0.39 is 0 Å². The number of hydrogen-bond acceptors (Lipinski definition) is 5. The standard InChI is InChI=1S/C18H27N3O4/c1-20(10-13-6-7-15(24-2)16(9-13)25-3)17(22)12-21-8-4-5-14(11-21)18(19)23/h6-7,9,14H,4-5,8,10-12H2,1-3H3,(H2,19,23)/t14-/m0/s1. The molecule has 2 rings (SSSR count). The summed E-state index contributed by atoms with van der Waals surface area (Å²) in [6, 6.07) is 5.61. The number of amides is 2. The number of benzene rings is 1. The second-order valence-corrected chi connectivity index (χ2v) is 6.42. The lowest BCUT2D eigenvalue weighted by Gasteiger charge is -2.31. The smallest absolute Gasteiger partial charge is 0.236 e. The van der Waals surface area contributed by atoms with Gasteiger partial charge in [0.25, 0.3) is 0 Å². The van der Waals surface area contributed by atoms with Gasteiger partial charge in [-0.05, 0) is 37.1 Å². The summed E-state index contributed by atoms with van der Waals surface area (Å²) >= 11 is 0. The summed E-state index contributed by atoms with van der Waals surface area (Å²) in [4.78, 5) is 27.5. The number of hydrogen-bond donors (Lipinski definition) is 1. The maximum absolute atomic E-state index is 12.5. The van der Waals surface area contributed by atoms with Gasteiger partial charge in [-0.15, -0.1) is 0 Å². The maximum atomic E-state index is 12.5. The molecule has 1 atom stereocenters. The number of nitrogens with zero attached hydrogens (tertiary/aromatic N) is 2. The Bertz CT molecular complexity index is 620. The fourth-order valence-electron chi connectivity index (χ4n) is 3.08. The van der Waals surface area contributed by atoms with Crippen molar-refractivity contribution in [3.8, 4) is 11.5 Å². The fraction of sp³-hybridized carbons (Fsp3) is 0.556. The van der Waals surface area contributed by atoms with Crippen LogP contribution in [0.5, 0.6) is 11.5 Å². The van der Waals surface area contributed by atoms with Crippen molar-refractivity contribution in [2.24, 2.45) is 11.7 Å². The number of ether oxygens (including phenoxy) is 2. The third-order valence-corrected chi connectivity index (χ3v) is 4.56. The Labute approximate surface area is 148 Å². The fourth-order valence-corrected chi connectivity index (χ4v) is 3.08. The summed E-state index contributed by atoms with van der Waals surface area (Å²) in [6.07, 6.45) is 1.70. The van der Waals surface area contributed by atoms with Crippen LogP contribution in [0.3, 0.4) is 0 Å². The van der Waals surface area contributed by atoms with E-state index in [9.17, 15) is 9.59 Å². The molecule has 1 heterocycles. The molecule has 1 aliphatic heterocycles. The lowest BCUT2D eigenvalue weighted by molar-refractivity contribution is -0.133.